The fourth-order valence-electron chi connectivity index (χ4n) is 5.20. The van der Waals surface area contributed by atoms with E-state index >= 15 is 0 Å². The highest BCUT2D eigenvalue weighted by Gasteiger charge is 2.53. The molecular weight excluding hydrogens is 443 g/mol. The van der Waals surface area contributed by atoms with Crippen LogP contribution in [0.3, 0.4) is 0 Å². The molecule has 4 rings (SSSR count). The Balaban J connectivity index is 0.00000196. The first kappa shape index (κ1) is 20.2. The van der Waals surface area contributed by atoms with E-state index in [0.29, 0.717) is 30.0 Å². The molecule has 4 atom stereocenters. The number of hydrogen-bond donors (Lipinski definition) is 1. The second-order valence-corrected chi connectivity index (χ2v) is 8.17. The maximum atomic E-state index is 11.5. The number of guanidine groups is 1. The Morgan fingerprint density at radius 2 is 1.69 bits per heavy atom. The van der Waals surface area contributed by atoms with Gasteiger partial charge in [0.15, 0.2) is 5.96 Å². The highest BCUT2D eigenvalue weighted by atomic mass is 127. The van der Waals surface area contributed by atoms with E-state index in [4.69, 9.17) is 9.73 Å². The molecule has 4 aliphatic rings. The van der Waals surface area contributed by atoms with E-state index in [1.807, 2.05) is 4.90 Å². The van der Waals surface area contributed by atoms with Crippen molar-refractivity contribution in [3.05, 3.63) is 0 Å². The van der Waals surface area contributed by atoms with Crippen LogP contribution in [0.2, 0.25) is 0 Å². The number of piperidine rings is 1. The van der Waals surface area contributed by atoms with Gasteiger partial charge in [-0.1, -0.05) is 0 Å². The molecule has 0 saturated carbocycles. The molecule has 4 heterocycles. The Morgan fingerprint density at radius 1 is 1.08 bits per heavy atom. The zero-order valence-corrected chi connectivity index (χ0v) is 18.4. The van der Waals surface area contributed by atoms with Crippen LogP contribution in [0.15, 0.2) is 4.99 Å². The zero-order valence-electron chi connectivity index (χ0n) is 16.0. The fraction of sp³-hybridized carbons (Fsp3) is 0.895. The van der Waals surface area contributed by atoms with Gasteiger partial charge in [-0.05, 0) is 38.5 Å². The van der Waals surface area contributed by atoms with Crippen molar-refractivity contribution in [3.8, 4) is 0 Å². The van der Waals surface area contributed by atoms with Crippen LogP contribution in [0.1, 0.15) is 39.5 Å². The Morgan fingerprint density at radius 3 is 2.23 bits per heavy atom. The SMILES string of the molecule is CCNC(=NCC1CCN(C(C)=O)CC1)N1CC2C3CCC(O3)C2C1.I. The first-order chi connectivity index (χ1) is 12.2. The molecular formula is C19H33IN4O2. The van der Waals surface area contributed by atoms with Gasteiger partial charge in [0.2, 0.25) is 5.91 Å². The normalized spacial score (nSPS) is 34.0. The summed E-state index contributed by atoms with van der Waals surface area (Å²) in [7, 11) is 0. The van der Waals surface area contributed by atoms with Crippen LogP contribution >= 0.6 is 24.0 Å². The molecule has 0 aromatic rings. The van der Waals surface area contributed by atoms with Gasteiger partial charge in [-0.2, -0.15) is 0 Å². The minimum absolute atomic E-state index is 0. The number of amides is 1. The van der Waals surface area contributed by atoms with Crippen LogP contribution in [0, 0.1) is 17.8 Å². The van der Waals surface area contributed by atoms with Gasteiger partial charge in [0.25, 0.3) is 0 Å². The lowest BCUT2D eigenvalue weighted by Gasteiger charge is -2.31. The van der Waals surface area contributed by atoms with Crippen LogP contribution < -0.4 is 5.32 Å². The monoisotopic (exact) mass is 476 g/mol. The van der Waals surface area contributed by atoms with Crippen molar-refractivity contribution in [1.82, 2.24) is 15.1 Å². The molecule has 7 heteroatoms. The van der Waals surface area contributed by atoms with Crippen molar-refractivity contribution in [2.45, 2.75) is 51.7 Å². The van der Waals surface area contributed by atoms with Crippen LogP contribution in [-0.4, -0.2) is 73.1 Å². The highest BCUT2D eigenvalue weighted by molar-refractivity contribution is 14.0. The number of likely N-dealkylation sites (tertiary alicyclic amines) is 2. The predicted octanol–water partition coefficient (Wildman–Crippen LogP) is 1.94. The average molecular weight is 476 g/mol. The zero-order chi connectivity index (χ0) is 17.4. The van der Waals surface area contributed by atoms with Gasteiger partial charge in [-0.3, -0.25) is 9.79 Å². The Labute approximate surface area is 174 Å². The lowest BCUT2D eigenvalue weighted by atomic mass is 9.82. The molecule has 4 saturated heterocycles. The summed E-state index contributed by atoms with van der Waals surface area (Å²) >= 11 is 0. The molecule has 1 amide bonds. The van der Waals surface area contributed by atoms with Gasteiger partial charge in [-0.15, -0.1) is 24.0 Å². The molecule has 4 fully saturated rings. The van der Waals surface area contributed by atoms with E-state index in [0.717, 1.165) is 58.1 Å². The molecule has 26 heavy (non-hydrogen) atoms. The third-order valence-electron chi connectivity index (χ3n) is 6.65. The van der Waals surface area contributed by atoms with Crippen molar-refractivity contribution in [1.29, 1.82) is 0 Å². The topological polar surface area (TPSA) is 57.2 Å². The summed E-state index contributed by atoms with van der Waals surface area (Å²) in [6.45, 7) is 9.58. The molecule has 0 radical (unpaired) electrons. The number of rotatable bonds is 3. The standard InChI is InChI=1S/C19H32N4O2.HI/c1-3-20-19(21-10-14-6-8-22(9-7-14)13(2)24)23-11-15-16(12-23)18-5-4-17(15)25-18;/h14-18H,3-12H2,1-2H3,(H,20,21);1H. The largest absolute Gasteiger partial charge is 0.374 e. The number of hydrogen-bond acceptors (Lipinski definition) is 3. The molecule has 4 aliphatic heterocycles. The summed E-state index contributed by atoms with van der Waals surface area (Å²) in [5.41, 5.74) is 0. The fourth-order valence-corrected chi connectivity index (χ4v) is 5.20. The molecule has 0 spiro atoms. The van der Waals surface area contributed by atoms with Gasteiger partial charge in [0, 0.05) is 58.0 Å². The minimum atomic E-state index is 0. The lowest BCUT2D eigenvalue weighted by molar-refractivity contribution is -0.130. The van der Waals surface area contributed by atoms with E-state index < -0.39 is 0 Å². The second kappa shape index (κ2) is 8.63. The van der Waals surface area contributed by atoms with Crippen molar-refractivity contribution < 1.29 is 9.53 Å². The summed E-state index contributed by atoms with van der Waals surface area (Å²) in [6, 6.07) is 0. The van der Waals surface area contributed by atoms with Crippen LogP contribution in [-0.2, 0) is 9.53 Å². The number of fused-ring (bicyclic) bond motifs is 5. The van der Waals surface area contributed by atoms with Gasteiger partial charge < -0.3 is 19.9 Å². The van der Waals surface area contributed by atoms with Crippen molar-refractivity contribution in [2.24, 2.45) is 22.7 Å². The molecule has 1 N–H and O–H groups in total. The summed E-state index contributed by atoms with van der Waals surface area (Å²) < 4.78 is 6.09. The van der Waals surface area contributed by atoms with E-state index in [1.165, 1.54) is 12.8 Å². The van der Waals surface area contributed by atoms with E-state index in [-0.39, 0.29) is 29.9 Å². The third-order valence-corrected chi connectivity index (χ3v) is 6.65. The van der Waals surface area contributed by atoms with E-state index in [9.17, 15) is 4.79 Å². The Hall–Kier alpha value is -0.570. The van der Waals surface area contributed by atoms with Gasteiger partial charge in [0.1, 0.15) is 0 Å². The van der Waals surface area contributed by atoms with E-state index in [1.54, 1.807) is 6.92 Å². The number of carbonyl (C=O) groups is 1. The molecule has 2 bridgehead atoms. The third kappa shape index (κ3) is 3.98. The number of aliphatic imine (C=N–C) groups is 1. The number of nitrogens with zero attached hydrogens (tertiary/aromatic N) is 3. The smallest absolute Gasteiger partial charge is 0.219 e. The maximum absolute atomic E-state index is 11.5. The number of nitrogens with one attached hydrogen (secondary N) is 1. The van der Waals surface area contributed by atoms with Crippen molar-refractivity contribution in [3.63, 3.8) is 0 Å². The van der Waals surface area contributed by atoms with E-state index in [2.05, 4.69) is 17.1 Å². The summed E-state index contributed by atoms with van der Waals surface area (Å²) in [5.74, 6) is 3.31. The Kier molecular flexibility index (Phi) is 6.69. The highest BCUT2D eigenvalue weighted by Crippen LogP contribution is 2.47. The molecule has 0 aromatic carbocycles. The van der Waals surface area contributed by atoms with Crippen LogP contribution in [0.25, 0.3) is 0 Å². The molecule has 148 valence electrons. The number of carbonyl (C=O) groups excluding carboxylic acids is 1. The Bertz CT molecular complexity index is 518. The minimum Gasteiger partial charge on any atom is -0.374 e. The summed E-state index contributed by atoms with van der Waals surface area (Å²) in [4.78, 5) is 20.9. The van der Waals surface area contributed by atoms with Crippen LogP contribution in [0.4, 0.5) is 0 Å². The second-order valence-electron chi connectivity index (χ2n) is 8.17. The first-order valence-electron chi connectivity index (χ1n) is 10.1. The molecule has 6 nitrogen and oxygen atoms in total. The average Bonchev–Trinajstić information content (AvgIpc) is 3.31. The predicted molar refractivity (Wildman–Crippen MR) is 113 cm³/mol. The van der Waals surface area contributed by atoms with Gasteiger partial charge >= 0.3 is 0 Å². The van der Waals surface area contributed by atoms with Crippen molar-refractivity contribution >= 4 is 35.8 Å². The maximum Gasteiger partial charge on any atom is 0.219 e. The number of halogens is 1. The summed E-state index contributed by atoms with van der Waals surface area (Å²) in [6.07, 6.45) is 5.65. The quantitative estimate of drug-likeness (QED) is 0.385. The van der Waals surface area contributed by atoms with Gasteiger partial charge in [-0.25, -0.2) is 0 Å². The van der Waals surface area contributed by atoms with Crippen LogP contribution in [0.5, 0.6) is 0 Å². The molecule has 4 unspecified atom stereocenters. The lowest BCUT2D eigenvalue weighted by Crippen LogP contribution is -2.42. The number of ether oxygens (including phenoxy) is 1. The van der Waals surface area contributed by atoms with Crippen molar-refractivity contribution in [2.75, 3.05) is 39.3 Å². The first-order valence-corrected chi connectivity index (χ1v) is 10.1. The van der Waals surface area contributed by atoms with Gasteiger partial charge in [0.05, 0.1) is 12.2 Å². The summed E-state index contributed by atoms with van der Waals surface area (Å²) in [5, 5.41) is 3.50. The molecule has 0 aromatic heterocycles. The molecule has 0 aliphatic carbocycles.